The van der Waals surface area contributed by atoms with Crippen LogP contribution in [0.4, 0.5) is 0 Å². The summed E-state index contributed by atoms with van der Waals surface area (Å²) in [7, 11) is 0. The molecule has 104 valence electrons. The van der Waals surface area contributed by atoms with E-state index in [9.17, 15) is 10.4 Å². The standard InChI is InChI=1S/C14H14N2O4/c17-15(19-13-7-3-1-4-8-13)11-12-16(18)20-14-9-5-2-6-10-14/h1-12,15-16H/b12-11+. The molecule has 0 aliphatic heterocycles. The van der Waals surface area contributed by atoms with Gasteiger partial charge in [0, 0.05) is 0 Å². The summed E-state index contributed by atoms with van der Waals surface area (Å²) >= 11 is 0. The zero-order chi connectivity index (χ0) is 14.2. The van der Waals surface area contributed by atoms with E-state index < -0.39 is 10.5 Å². The van der Waals surface area contributed by atoms with Gasteiger partial charge in [-0.2, -0.15) is 0 Å². The van der Waals surface area contributed by atoms with E-state index in [2.05, 4.69) is 0 Å². The Morgan fingerprint density at radius 1 is 0.650 bits per heavy atom. The minimum absolute atomic E-state index is 0.415. The predicted octanol–water partition coefficient (Wildman–Crippen LogP) is 0.211. The van der Waals surface area contributed by atoms with Gasteiger partial charge < -0.3 is 20.1 Å². The first kappa shape index (κ1) is 14.0. The van der Waals surface area contributed by atoms with Crippen LogP contribution in [0.5, 0.6) is 11.5 Å². The molecule has 0 heterocycles. The zero-order valence-corrected chi connectivity index (χ0v) is 10.6. The molecular weight excluding hydrogens is 260 g/mol. The van der Waals surface area contributed by atoms with Crippen LogP contribution in [0.25, 0.3) is 0 Å². The molecule has 2 N–H and O–H groups in total. The first-order chi connectivity index (χ1) is 9.74. The summed E-state index contributed by atoms with van der Waals surface area (Å²) in [6, 6.07) is 17.2. The minimum atomic E-state index is -0.638. The molecule has 0 radical (unpaired) electrons. The molecule has 2 atom stereocenters. The van der Waals surface area contributed by atoms with E-state index in [1.165, 1.54) is 0 Å². The second-order valence-electron chi connectivity index (χ2n) is 3.80. The molecule has 0 saturated heterocycles. The Morgan fingerprint density at radius 3 is 1.35 bits per heavy atom. The first-order valence-corrected chi connectivity index (χ1v) is 5.96. The van der Waals surface area contributed by atoms with Gasteiger partial charge >= 0.3 is 0 Å². The normalized spacial score (nSPS) is 13.9. The summed E-state index contributed by atoms with van der Waals surface area (Å²) in [5.41, 5.74) is 0. The lowest BCUT2D eigenvalue weighted by molar-refractivity contribution is -1.00. The molecule has 0 saturated carbocycles. The van der Waals surface area contributed by atoms with E-state index in [0.29, 0.717) is 11.5 Å². The van der Waals surface area contributed by atoms with Gasteiger partial charge in [-0.05, 0) is 24.3 Å². The van der Waals surface area contributed by atoms with E-state index in [0.717, 1.165) is 12.4 Å². The number of hydroxylamine groups is 4. The summed E-state index contributed by atoms with van der Waals surface area (Å²) in [5.74, 6) is 0.831. The Bertz CT molecular complexity index is 484. The lowest BCUT2D eigenvalue weighted by atomic mass is 10.3. The molecule has 6 nitrogen and oxygen atoms in total. The van der Waals surface area contributed by atoms with Crippen LogP contribution in [-0.4, -0.2) is 0 Å². The molecule has 2 aromatic carbocycles. The number of para-hydroxylation sites is 2. The van der Waals surface area contributed by atoms with Crippen molar-refractivity contribution in [2.45, 2.75) is 0 Å². The van der Waals surface area contributed by atoms with Gasteiger partial charge in [-0.3, -0.25) is 0 Å². The molecule has 0 spiro atoms. The van der Waals surface area contributed by atoms with Gasteiger partial charge in [0.1, 0.15) is 0 Å². The fraction of sp³-hybridized carbons (Fsp3) is 0. The first-order valence-electron chi connectivity index (χ1n) is 5.96. The second-order valence-corrected chi connectivity index (χ2v) is 3.80. The van der Waals surface area contributed by atoms with Gasteiger partial charge in [-0.1, -0.05) is 36.4 Å². The van der Waals surface area contributed by atoms with Crippen LogP contribution >= 0.6 is 0 Å². The summed E-state index contributed by atoms with van der Waals surface area (Å²) in [5, 5.41) is 21.6. The molecule has 20 heavy (non-hydrogen) atoms. The monoisotopic (exact) mass is 274 g/mol. The molecule has 0 amide bonds. The summed E-state index contributed by atoms with van der Waals surface area (Å²) in [4.78, 5) is 9.96. The lowest BCUT2D eigenvalue weighted by Crippen LogP contribution is -3.09. The van der Waals surface area contributed by atoms with Crippen molar-refractivity contribution >= 4 is 0 Å². The molecule has 2 aromatic rings. The molecule has 0 fully saturated rings. The zero-order valence-electron chi connectivity index (χ0n) is 10.6. The number of hydrogen-bond donors (Lipinski definition) is 2. The Morgan fingerprint density at radius 2 is 1.00 bits per heavy atom. The third-order valence-corrected chi connectivity index (χ3v) is 2.28. The van der Waals surface area contributed by atoms with Gasteiger partial charge in [0.2, 0.25) is 0 Å². The highest BCUT2D eigenvalue weighted by atomic mass is 16.9. The molecule has 2 rings (SSSR count). The molecule has 0 aromatic heterocycles. The van der Waals surface area contributed by atoms with Gasteiger partial charge in [-0.25, -0.2) is 0 Å². The highest BCUT2D eigenvalue weighted by molar-refractivity contribution is 5.20. The SMILES string of the molecule is [O-][NH+](/C=C/[NH+]([O-])Oc1ccccc1)Oc1ccccc1. The third-order valence-electron chi connectivity index (χ3n) is 2.28. The second kappa shape index (κ2) is 7.27. The number of quaternary nitrogens is 2. The van der Waals surface area contributed by atoms with Crippen LogP contribution in [-0.2, 0) is 0 Å². The van der Waals surface area contributed by atoms with Crippen molar-refractivity contribution in [1.29, 1.82) is 0 Å². The molecule has 0 aliphatic carbocycles. The number of rotatable bonds is 6. The lowest BCUT2D eigenvalue weighted by Gasteiger charge is -2.18. The van der Waals surface area contributed by atoms with E-state index >= 15 is 0 Å². The van der Waals surface area contributed by atoms with Crippen LogP contribution in [0.1, 0.15) is 0 Å². The summed E-state index contributed by atoms with van der Waals surface area (Å²) in [6.07, 6.45) is 2.05. The van der Waals surface area contributed by atoms with E-state index in [1.54, 1.807) is 48.5 Å². The Balaban J connectivity index is 1.82. The van der Waals surface area contributed by atoms with Crippen molar-refractivity contribution in [1.82, 2.24) is 0 Å². The molecule has 0 bridgehead atoms. The largest absolute Gasteiger partial charge is 0.586 e. The smallest absolute Gasteiger partial charge is 0.194 e. The maximum atomic E-state index is 11.5. The minimum Gasteiger partial charge on any atom is -0.586 e. The fourth-order valence-electron chi connectivity index (χ4n) is 1.41. The van der Waals surface area contributed by atoms with Gasteiger partial charge in [0.05, 0.1) is 0 Å². The van der Waals surface area contributed by atoms with Crippen LogP contribution < -0.4 is 20.1 Å². The van der Waals surface area contributed by atoms with Crippen LogP contribution in [0.2, 0.25) is 0 Å². The number of benzene rings is 2. The van der Waals surface area contributed by atoms with Crippen molar-refractivity contribution in [3.05, 3.63) is 83.5 Å². The van der Waals surface area contributed by atoms with Gasteiger partial charge in [0.25, 0.3) is 0 Å². The van der Waals surface area contributed by atoms with Crippen molar-refractivity contribution in [2.75, 3.05) is 0 Å². The Kier molecular flexibility index (Phi) is 5.10. The van der Waals surface area contributed by atoms with Crippen LogP contribution in [0, 0.1) is 10.4 Å². The topological polar surface area (TPSA) is 73.5 Å². The highest BCUT2D eigenvalue weighted by Crippen LogP contribution is 2.05. The molecule has 6 heteroatoms. The third kappa shape index (κ3) is 4.71. The molecule has 2 unspecified atom stereocenters. The van der Waals surface area contributed by atoms with Crippen molar-refractivity contribution in [3.63, 3.8) is 0 Å². The molecule has 0 aliphatic rings. The molecular formula is C14H14N2O4. The fourth-order valence-corrected chi connectivity index (χ4v) is 1.41. The van der Waals surface area contributed by atoms with Crippen molar-refractivity contribution < 1.29 is 20.1 Å². The maximum Gasteiger partial charge on any atom is 0.194 e. The van der Waals surface area contributed by atoms with Crippen molar-refractivity contribution in [3.8, 4) is 11.5 Å². The Labute approximate surface area is 116 Å². The number of nitrogens with one attached hydrogen (secondary N) is 2. The van der Waals surface area contributed by atoms with Crippen LogP contribution in [0.15, 0.2) is 73.1 Å². The Hall–Kier alpha value is -2.38. The number of hydrogen-bond acceptors (Lipinski definition) is 4. The van der Waals surface area contributed by atoms with Gasteiger partial charge in [-0.15, -0.1) is 10.5 Å². The summed E-state index contributed by atoms with van der Waals surface area (Å²) in [6.45, 7) is 0. The predicted molar refractivity (Wildman–Crippen MR) is 71.9 cm³/mol. The summed E-state index contributed by atoms with van der Waals surface area (Å²) < 4.78 is 0. The average molecular weight is 274 g/mol. The van der Waals surface area contributed by atoms with Gasteiger partial charge in [0.15, 0.2) is 23.9 Å². The highest BCUT2D eigenvalue weighted by Gasteiger charge is 2.00. The van der Waals surface area contributed by atoms with Crippen LogP contribution in [0.3, 0.4) is 0 Å². The van der Waals surface area contributed by atoms with E-state index in [-0.39, 0.29) is 0 Å². The van der Waals surface area contributed by atoms with Crippen molar-refractivity contribution in [2.24, 2.45) is 0 Å². The average Bonchev–Trinajstić information content (AvgIpc) is 2.47. The van der Waals surface area contributed by atoms with E-state index in [1.807, 2.05) is 12.1 Å². The maximum absolute atomic E-state index is 11.5. The van der Waals surface area contributed by atoms with E-state index in [4.69, 9.17) is 9.68 Å². The quantitative estimate of drug-likeness (QED) is 0.739.